The highest BCUT2D eigenvalue weighted by molar-refractivity contribution is 7.21. The molecule has 0 radical (unpaired) electrons. The Morgan fingerprint density at radius 1 is 0.889 bits per heavy atom. The van der Waals surface area contributed by atoms with Crippen molar-refractivity contribution in [3.05, 3.63) is 120 Å². The molecule has 6 heteroatoms. The van der Waals surface area contributed by atoms with E-state index in [1.54, 1.807) is 11.3 Å². The maximum atomic E-state index is 13.2. The molecule has 4 aromatic carbocycles. The number of amides is 1. The minimum atomic E-state index is -0.282. The van der Waals surface area contributed by atoms with Crippen molar-refractivity contribution in [1.29, 1.82) is 0 Å². The smallest absolute Gasteiger partial charge is 0.261 e. The van der Waals surface area contributed by atoms with E-state index in [0.29, 0.717) is 22.5 Å². The van der Waals surface area contributed by atoms with Crippen LogP contribution in [0, 0.1) is 6.92 Å². The number of hydrogen-bond donors (Lipinski definition) is 1. The lowest BCUT2D eigenvalue weighted by Crippen LogP contribution is -2.21. The molecule has 6 rings (SSSR count). The van der Waals surface area contributed by atoms with E-state index in [9.17, 15) is 4.79 Å². The zero-order valence-electron chi connectivity index (χ0n) is 19.4. The first-order valence-electron chi connectivity index (χ1n) is 11.5. The fraction of sp³-hybridized carbons (Fsp3) is 0.0333. The van der Waals surface area contributed by atoms with E-state index >= 15 is 0 Å². The van der Waals surface area contributed by atoms with Crippen molar-refractivity contribution in [3.8, 4) is 10.6 Å². The summed E-state index contributed by atoms with van der Waals surface area (Å²) in [7, 11) is 0. The van der Waals surface area contributed by atoms with Gasteiger partial charge in [-0.25, -0.2) is 9.98 Å². The van der Waals surface area contributed by atoms with E-state index in [4.69, 9.17) is 14.4 Å². The Bertz CT molecular complexity index is 1790. The zero-order valence-corrected chi connectivity index (χ0v) is 20.3. The Kier molecular flexibility index (Phi) is 5.64. The monoisotopic (exact) mass is 487 g/mol. The molecule has 0 saturated heterocycles. The highest BCUT2D eigenvalue weighted by atomic mass is 32.1. The fourth-order valence-electron chi connectivity index (χ4n) is 3.99. The summed E-state index contributed by atoms with van der Waals surface area (Å²) in [5, 5.41) is 4.72. The third kappa shape index (κ3) is 4.42. The normalized spacial score (nSPS) is 11.8. The van der Waals surface area contributed by atoms with E-state index in [1.165, 1.54) is 10.3 Å². The zero-order chi connectivity index (χ0) is 24.5. The van der Waals surface area contributed by atoms with Crippen molar-refractivity contribution in [2.45, 2.75) is 6.92 Å². The predicted molar refractivity (Wildman–Crippen MR) is 146 cm³/mol. The number of carbonyl (C=O) groups excluding carboxylic acids is 1. The number of anilines is 1. The minimum absolute atomic E-state index is 0.255. The van der Waals surface area contributed by atoms with Crippen LogP contribution in [0.15, 0.2) is 113 Å². The van der Waals surface area contributed by atoms with Gasteiger partial charge in [0.1, 0.15) is 16.2 Å². The van der Waals surface area contributed by atoms with Crippen LogP contribution < -0.4 is 10.9 Å². The van der Waals surface area contributed by atoms with Crippen LogP contribution in [0.2, 0.25) is 0 Å². The molecule has 174 valence electrons. The Morgan fingerprint density at radius 3 is 2.50 bits per heavy atom. The number of fused-ring (bicyclic) bond motifs is 2. The van der Waals surface area contributed by atoms with Crippen LogP contribution in [0.4, 0.5) is 11.4 Å². The van der Waals surface area contributed by atoms with Gasteiger partial charge in [0, 0.05) is 16.6 Å². The molecule has 0 fully saturated rings. The summed E-state index contributed by atoms with van der Waals surface area (Å²) in [6.07, 6.45) is 0. The van der Waals surface area contributed by atoms with Gasteiger partial charge in [-0.3, -0.25) is 4.79 Å². The van der Waals surface area contributed by atoms with Gasteiger partial charge in [0.25, 0.3) is 5.91 Å². The lowest BCUT2D eigenvalue weighted by molar-refractivity contribution is 0.102. The Morgan fingerprint density at radius 2 is 1.67 bits per heavy atom. The van der Waals surface area contributed by atoms with E-state index in [0.717, 1.165) is 21.5 Å². The first-order chi connectivity index (χ1) is 17.6. The molecule has 0 saturated carbocycles. The third-order valence-corrected chi connectivity index (χ3v) is 6.89. The molecule has 5 nitrogen and oxygen atoms in total. The maximum absolute atomic E-state index is 13.2. The average molecular weight is 488 g/mol. The Hall–Kier alpha value is -4.55. The van der Waals surface area contributed by atoms with Crippen molar-refractivity contribution >= 4 is 49.8 Å². The van der Waals surface area contributed by atoms with Crippen LogP contribution in [-0.2, 0) is 0 Å². The standard InChI is InChI=1S/C30H21N3O2S/c1-19-11-16-25-27(17-19)36-30(33-25)20-12-14-23(15-13-20)32-29-24(18-21-7-5-6-10-26(21)35-29)28(34)31-22-8-3-2-4-9-22/h2-18H,1H3,(H,31,34). The van der Waals surface area contributed by atoms with Crippen molar-refractivity contribution in [2.75, 3.05) is 5.32 Å². The summed E-state index contributed by atoms with van der Waals surface area (Å²) in [5.74, 6) is -0.282. The summed E-state index contributed by atoms with van der Waals surface area (Å²) in [6, 6.07) is 32.8. The molecule has 1 N–H and O–H groups in total. The Balaban J connectivity index is 1.39. The average Bonchev–Trinajstić information content (AvgIpc) is 3.32. The molecule has 0 unspecified atom stereocenters. The van der Waals surface area contributed by atoms with Gasteiger partial charge in [-0.1, -0.05) is 42.5 Å². The number of carbonyl (C=O) groups is 1. The summed E-state index contributed by atoms with van der Waals surface area (Å²) in [5.41, 5.74) is 5.91. The summed E-state index contributed by atoms with van der Waals surface area (Å²) >= 11 is 1.67. The van der Waals surface area contributed by atoms with Gasteiger partial charge < -0.3 is 9.73 Å². The molecule has 2 aromatic heterocycles. The molecule has 0 bridgehead atoms. The number of nitrogens with one attached hydrogen (secondary N) is 1. The molecule has 2 heterocycles. The van der Waals surface area contributed by atoms with Crippen molar-refractivity contribution in [2.24, 2.45) is 4.99 Å². The number of para-hydroxylation sites is 2. The third-order valence-electron chi connectivity index (χ3n) is 5.82. The van der Waals surface area contributed by atoms with Crippen LogP contribution in [0.3, 0.4) is 0 Å². The van der Waals surface area contributed by atoms with Crippen LogP contribution in [0.5, 0.6) is 0 Å². The largest absolute Gasteiger partial charge is 0.438 e. The SMILES string of the molecule is Cc1ccc2nc(-c3ccc(N=c4oc5ccccc5cc4C(=O)Nc4ccccc4)cc3)sc2c1. The van der Waals surface area contributed by atoms with E-state index in [-0.39, 0.29) is 11.5 Å². The lowest BCUT2D eigenvalue weighted by atomic mass is 10.1. The van der Waals surface area contributed by atoms with Gasteiger partial charge in [0.05, 0.1) is 15.9 Å². The van der Waals surface area contributed by atoms with Gasteiger partial charge in [-0.05, 0) is 73.2 Å². The van der Waals surface area contributed by atoms with Gasteiger partial charge in [0.15, 0.2) is 0 Å². The molecular weight excluding hydrogens is 466 g/mol. The minimum Gasteiger partial charge on any atom is -0.438 e. The quantitative estimate of drug-likeness (QED) is 0.280. The van der Waals surface area contributed by atoms with Gasteiger partial charge >= 0.3 is 0 Å². The van der Waals surface area contributed by atoms with Crippen LogP contribution in [0.1, 0.15) is 15.9 Å². The first kappa shape index (κ1) is 21.9. The summed E-state index contributed by atoms with van der Waals surface area (Å²) in [4.78, 5) is 22.6. The molecule has 0 spiro atoms. The molecule has 36 heavy (non-hydrogen) atoms. The highest BCUT2D eigenvalue weighted by Crippen LogP contribution is 2.31. The summed E-state index contributed by atoms with van der Waals surface area (Å²) in [6.45, 7) is 2.08. The molecule has 0 aliphatic carbocycles. The topological polar surface area (TPSA) is 67.5 Å². The van der Waals surface area contributed by atoms with Crippen molar-refractivity contribution in [1.82, 2.24) is 4.98 Å². The number of aryl methyl sites for hydroxylation is 1. The highest BCUT2D eigenvalue weighted by Gasteiger charge is 2.13. The number of rotatable bonds is 4. The predicted octanol–water partition coefficient (Wildman–Crippen LogP) is 7.50. The van der Waals surface area contributed by atoms with Crippen molar-refractivity contribution in [3.63, 3.8) is 0 Å². The fourth-order valence-corrected chi connectivity index (χ4v) is 5.06. The maximum Gasteiger partial charge on any atom is 0.261 e. The van der Waals surface area contributed by atoms with Crippen molar-refractivity contribution < 1.29 is 9.21 Å². The molecule has 0 aliphatic heterocycles. The van der Waals surface area contributed by atoms with Crippen LogP contribution >= 0.6 is 11.3 Å². The number of aromatic nitrogens is 1. The van der Waals surface area contributed by atoms with Gasteiger partial charge in [-0.15, -0.1) is 11.3 Å². The Labute approximate surface area is 211 Å². The number of hydrogen-bond acceptors (Lipinski definition) is 5. The van der Waals surface area contributed by atoms with Crippen LogP contribution in [-0.4, -0.2) is 10.9 Å². The molecule has 0 atom stereocenters. The van der Waals surface area contributed by atoms with E-state index in [1.807, 2.05) is 84.9 Å². The number of nitrogens with zero attached hydrogens (tertiary/aromatic N) is 2. The molecule has 6 aromatic rings. The van der Waals surface area contributed by atoms with Crippen LogP contribution in [0.25, 0.3) is 31.8 Å². The second-order valence-electron chi connectivity index (χ2n) is 8.47. The van der Waals surface area contributed by atoms with E-state index < -0.39 is 0 Å². The summed E-state index contributed by atoms with van der Waals surface area (Å²) < 4.78 is 7.25. The number of benzene rings is 4. The second kappa shape index (κ2) is 9.24. The first-order valence-corrected chi connectivity index (χ1v) is 12.4. The van der Waals surface area contributed by atoms with Gasteiger partial charge in [-0.2, -0.15) is 0 Å². The lowest BCUT2D eigenvalue weighted by Gasteiger charge is -2.07. The molecule has 0 aliphatic rings. The van der Waals surface area contributed by atoms with Gasteiger partial charge in [0.2, 0.25) is 5.55 Å². The second-order valence-corrected chi connectivity index (χ2v) is 9.50. The molecular formula is C30H21N3O2S. The number of thiazole rings is 1. The van der Waals surface area contributed by atoms with E-state index in [2.05, 4.69) is 30.4 Å². The molecule has 1 amide bonds.